The Kier molecular flexibility index (Phi) is 11.3. The fourth-order valence-electron chi connectivity index (χ4n) is 1.30. The first-order chi connectivity index (χ1) is 9.81. The Balaban J connectivity index is 3.21. The van der Waals surface area contributed by atoms with Gasteiger partial charge in [-0.25, -0.2) is 4.79 Å². The van der Waals surface area contributed by atoms with Crippen LogP contribution in [0.2, 0.25) is 0 Å². The van der Waals surface area contributed by atoms with E-state index in [4.69, 9.17) is 18.9 Å². The van der Waals surface area contributed by atoms with E-state index >= 15 is 0 Å². The van der Waals surface area contributed by atoms with Gasteiger partial charge in [-0.1, -0.05) is 13.8 Å². The predicted octanol–water partition coefficient (Wildman–Crippen LogP) is 2.22. The van der Waals surface area contributed by atoms with Crippen LogP contribution in [0.3, 0.4) is 0 Å². The van der Waals surface area contributed by atoms with Crippen LogP contribution in [0.4, 0.5) is 4.79 Å². The van der Waals surface area contributed by atoms with Crippen LogP contribution < -0.4 is 5.32 Å². The molecule has 0 aliphatic carbocycles. The Hall–Kier alpha value is -0.850. The van der Waals surface area contributed by atoms with E-state index in [0.717, 1.165) is 6.61 Å². The van der Waals surface area contributed by atoms with Crippen molar-refractivity contribution in [2.45, 2.75) is 40.2 Å². The van der Waals surface area contributed by atoms with E-state index in [1.807, 2.05) is 20.8 Å². The molecule has 0 atom stereocenters. The summed E-state index contributed by atoms with van der Waals surface area (Å²) in [6, 6.07) is 0. The van der Waals surface area contributed by atoms with Gasteiger partial charge in [-0.2, -0.15) is 0 Å². The lowest BCUT2D eigenvalue weighted by Gasteiger charge is -2.19. The van der Waals surface area contributed by atoms with Gasteiger partial charge in [0.1, 0.15) is 5.60 Å². The van der Waals surface area contributed by atoms with Gasteiger partial charge in [0.15, 0.2) is 0 Å². The number of carbonyl (C=O) groups excluding carboxylic acids is 1. The van der Waals surface area contributed by atoms with E-state index in [1.54, 1.807) is 0 Å². The van der Waals surface area contributed by atoms with Gasteiger partial charge in [0, 0.05) is 13.2 Å². The number of alkyl carbamates (subject to hydrolysis) is 1. The molecular formula is C15H31NO5. The first kappa shape index (κ1) is 20.1. The van der Waals surface area contributed by atoms with Crippen molar-refractivity contribution in [1.82, 2.24) is 5.32 Å². The van der Waals surface area contributed by atoms with Crippen molar-refractivity contribution in [1.29, 1.82) is 0 Å². The van der Waals surface area contributed by atoms with Crippen LogP contribution >= 0.6 is 0 Å². The minimum atomic E-state index is -0.476. The SMILES string of the molecule is CC(C)COCCOCCOCCNC(=O)OC(C)(C)C. The summed E-state index contributed by atoms with van der Waals surface area (Å²) in [5, 5.41) is 2.62. The summed E-state index contributed by atoms with van der Waals surface area (Å²) in [4.78, 5) is 11.3. The van der Waals surface area contributed by atoms with Gasteiger partial charge in [-0.15, -0.1) is 0 Å². The molecule has 6 heteroatoms. The normalized spacial score (nSPS) is 11.7. The van der Waals surface area contributed by atoms with Crippen molar-refractivity contribution < 1.29 is 23.7 Å². The second-order valence-corrected chi connectivity index (χ2v) is 6.12. The van der Waals surface area contributed by atoms with Crippen molar-refractivity contribution >= 4 is 6.09 Å². The number of ether oxygens (including phenoxy) is 4. The minimum Gasteiger partial charge on any atom is -0.444 e. The van der Waals surface area contributed by atoms with Crippen LogP contribution in [-0.4, -0.2) is 57.9 Å². The molecule has 0 aromatic heterocycles. The van der Waals surface area contributed by atoms with Crippen molar-refractivity contribution in [2.75, 3.05) is 46.2 Å². The van der Waals surface area contributed by atoms with Gasteiger partial charge in [0.05, 0.1) is 33.0 Å². The highest BCUT2D eigenvalue weighted by molar-refractivity contribution is 5.67. The first-order valence-corrected chi connectivity index (χ1v) is 7.51. The zero-order valence-corrected chi connectivity index (χ0v) is 14.1. The van der Waals surface area contributed by atoms with Crippen LogP contribution in [0.25, 0.3) is 0 Å². The highest BCUT2D eigenvalue weighted by Crippen LogP contribution is 2.05. The van der Waals surface area contributed by atoms with Crippen LogP contribution in [0.5, 0.6) is 0 Å². The third-order valence-corrected chi connectivity index (χ3v) is 2.11. The molecule has 1 N–H and O–H groups in total. The maximum absolute atomic E-state index is 11.3. The Morgan fingerprint density at radius 1 is 0.952 bits per heavy atom. The Labute approximate surface area is 128 Å². The number of rotatable bonds is 11. The van der Waals surface area contributed by atoms with E-state index in [9.17, 15) is 4.79 Å². The largest absolute Gasteiger partial charge is 0.444 e. The van der Waals surface area contributed by atoms with Crippen LogP contribution in [0, 0.1) is 5.92 Å². The molecule has 6 nitrogen and oxygen atoms in total. The molecule has 0 rings (SSSR count). The van der Waals surface area contributed by atoms with Crippen LogP contribution in [0.1, 0.15) is 34.6 Å². The minimum absolute atomic E-state index is 0.423. The van der Waals surface area contributed by atoms with E-state index in [1.165, 1.54) is 0 Å². The quantitative estimate of drug-likeness (QED) is 0.593. The van der Waals surface area contributed by atoms with Gasteiger partial charge < -0.3 is 24.3 Å². The number of amides is 1. The lowest BCUT2D eigenvalue weighted by atomic mass is 10.2. The van der Waals surface area contributed by atoms with E-state index in [2.05, 4.69) is 19.2 Å². The molecule has 0 saturated carbocycles. The predicted molar refractivity (Wildman–Crippen MR) is 81.5 cm³/mol. The molecule has 0 unspecified atom stereocenters. The smallest absolute Gasteiger partial charge is 0.407 e. The average Bonchev–Trinajstić information content (AvgIpc) is 2.33. The molecule has 0 aliphatic heterocycles. The van der Waals surface area contributed by atoms with Crippen molar-refractivity contribution in [3.63, 3.8) is 0 Å². The molecular weight excluding hydrogens is 274 g/mol. The molecule has 0 spiro atoms. The van der Waals surface area contributed by atoms with Gasteiger partial charge in [-0.05, 0) is 26.7 Å². The topological polar surface area (TPSA) is 66.0 Å². The standard InChI is InChI=1S/C15H31NO5/c1-13(2)12-20-11-10-19-9-8-18-7-6-16-14(17)21-15(3,4)5/h13H,6-12H2,1-5H3,(H,16,17). The zero-order chi connectivity index (χ0) is 16.1. The maximum Gasteiger partial charge on any atom is 0.407 e. The van der Waals surface area contributed by atoms with Crippen molar-refractivity contribution in [3.8, 4) is 0 Å². The van der Waals surface area contributed by atoms with Gasteiger partial charge in [0.25, 0.3) is 0 Å². The van der Waals surface area contributed by atoms with Gasteiger partial charge >= 0.3 is 6.09 Å². The Morgan fingerprint density at radius 2 is 1.48 bits per heavy atom. The number of hydrogen-bond donors (Lipinski definition) is 1. The molecule has 21 heavy (non-hydrogen) atoms. The van der Waals surface area contributed by atoms with E-state index in [-0.39, 0.29) is 0 Å². The fraction of sp³-hybridized carbons (Fsp3) is 0.933. The number of nitrogens with one attached hydrogen (secondary N) is 1. The highest BCUT2D eigenvalue weighted by Gasteiger charge is 2.15. The average molecular weight is 305 g/mol. The van der Waals surface area contributed by atoms with Crippen LogP contribution in [0.15, 0.2) is 0 Å². The highest BCUT2D eigenvalue weighted by atomic mass is 16.6. The third kappa shape index (κ3) is 17.1. The molecule has 0 aromatic carbocycles. The molecule has 0 bridgehead atoms. The van der Waals surface area contributed by atoms with Gasteiger partial charge in [-0.3, -0.25) is 0 Å². The molecule has 0 radical (unpaired) electrons. The molecule has 0 fully saturated rings. The molecule has 0 aromatic rings. The van der Waals surface area contributed by atoms with E-state index in [0.29, 0.717) is 45.5 Å². The molecule has 0 heterocycles. The van der Waals surface area contributed by atoms with Crippen molar-refractivity contribution in [2.24, 2.45) is 5.92 Å². The molecule has 1 amide bonds. The third-order valence-electron chi connectivity index (χ3n) is 2.11. The zero-order valence-electron chi connectivity index (χ0n) is 14.1. The fourth-order valence-corrected chi connectivity index (χ4v) is 1.30. The summed E-state index contributed by atoms with van der Waals surface area (Å²) < 4.78 is 21.1. The summed E-state index contributed by atoms with van der Waals surface area (Å²) in [6.07, 6.45) is -0.426. The van der Waals surface area contributed by atoms with Crippen LogP contribution in [-0.2, 0) is 18.9 Å². The number of carbonyl (C=O) groups is 1. The monoisotopic (exact) mass is 305 g/mol. The van der Waals surface area contributed by atoms with Gasteiger partial charge in [0.2, 0.25) is 0 Å². The Morgan fingerprint density at radius 3 is 2.00 bits per heavy atom. The molecule has 0 aliphatic rings. The van der Waals surface area contributed by atoms with Crippen molar-refractivity contribution in [3.05, 3.63) is 0 Å². The first-order valence-electron chi connectivity index (χ1n) is 7.51. The summed E-state index contributed by atoms with van der Waals surface area (Å²) in [5.74, 6) is 0.547. The molecule has 126 valence electrons. The summed E-state index contributed by atoms with van der Waals surface area (Å²) in [5.41, 5.74) is -0.476. The second-order valence-electron chi connectivity index (χ2n) is 6.12. The number of hydrogen-bond acceptors (Lipinski definition) is 5. The summed E-state index contributed by atoms with van der Waals surface area (Å²) >= 11 is 0. The van der Waals surface area contributed by atoms with E-state index < -0.39 is 11.7 Å². The summed E-state index contributed by atoms with van der Waals surface area (Å²) in [7, 11) is 0. The Bertz CT molecular complexity index is 263. The lowest BCUT2D eigenvalue weighted by Crippen LogP contribution is -2.34. The molecule has 0 saturated heterocycles. The summed E-state index contributed by atoms with van der Waals surface area (Å²) in [6.45, 7) is 13.5. The maximum atomic E-state index is 11.3. The second kappa shape index (κ2) is 11.8. The lowest BCUT2D eigenvalue weighted by molar-refractivity contribution is 0.00925.